The lowest BCUT2D eigenvalue weighted by atomic mass is 10.2. The summed E-state index contributed by atoms with van der Waals surface area (Å²) in [6, 6.07) is 8.31. The molecule has 2 heteroatoms. The van der Waals surface area contributed by atoms with Crippen LogP contribution in [-0.4, -0.2) is 13.7 Å². The summed E-state index contributed by atoms with van der Waals surface area (Å²) in [5, 5.41) is 3.13. The van der Waals surface area contributed by atoms with Crippen LogP contribution in [-0.2, 0) is 6.54 Å². The first kappa shape index (κ1) is 13.0. The lowest BCUT2D eigenvalue weighted by Crippen LogP contribution is -2.04. The zero-order valence-electron chi connectivity index (χ0n) is 10.5. The van der Waals surface area contributed by atoms with Crippen LogP contribution in [0, 0.1) is 0 Å². The quantitative estimate of drug-likeness (QED) is 0.680. The summed E-state index contributed by atoms with van der Waals surface area (Å²) in [6.45, 7) is 3.98. The molecule has 0 aliphatic carbocycles. The van der Waals surface area contributed by atoms with E-state index in [0.717, 1.165) is 25.3 Å². The summed E-state index contributed by atoms with van der Waals surface area (Å²) < 4.78 is 5.67. The zero-order chi connectivity index (χ0) is 11.6. The molecule has 1 N–H and O–H groups in total. The molecule has 0 bridgehead atoms. The van der Waals surface area contributed by atoms with Gasteiger partial charge in [-0.05, 0) is 31.2 Å². The van der Waals surface area contributed by atoms with E-state index >= 15 is 0 Å². The number of ether oxygens (including phenoxy) is 1. The van der Waals surface area contributed by atoms with Crippen LogP contribution in [0.25, 0.3) is 0 Å². The van der Waals surface area contributed by atoms with Crippen LogP contribution in [0.3, 0.4) is 0 Å². The normalized spacial score (nSPS) is 10.4. The average molecular weight is 221 g/mol. The fraction of sp³-hybridized carbons (Fsp3) is 0.571. The largest absolute Gasteiger partial charge is 0.494 e. The Balaban J connectivity index is 2.21. The number of nitrogens with one attached hydrogen (secondary N) is 1. The van der Waals surface area contributed by atoms with Gasteiger partial charge in [-0.2, -0.15) is 0 Å². The molecule has 0 amide bonds. The number of hydrogen-bond donors (Lipinski definition) is 1. The molecule has 2 nitrogen and oxygen atoms in total. The van der Waals surface area contributed by atoms with E-state index in [1.807, 2.05) is 19.2 Å². The van der Waals surface area contributed by atoms with Gasteiger partial charge in [0.2, 0.25) is 0 Å². The molecule has 1 aromatic rings. The van der Waals surface area contributed by atoms with Crippen LogP contribution >= 0.6 is 0 Å². The molecule has 0 fully saturated rings. The van der Waals surface area contributed by atoms with Gasteiger partial charge in [-0.1, -0.05) is 38.3 Å². The molecule has 0 saturated carbocycles. The first-order valence-electron chi connectivity index (χ1n) is 6.23. The molecular weight excluding hydrogens is 198 g/mol. The van der Waals surface area contributed by atoms with E-state index in [4.69, 9.17) is 4.74 Å². The Morgan fingerprint density at radius 1 is 1.06 bits per heavy atom. The highest BCUT2D eigenvalue weighted by molar-refractivity contribution is 5.27. The van der Waals surface area contributed by atoms with E-state index < -0.39 is 0 Å². The molecule has 0 unspecified atom stereocenters. The Morgan fingerprint density at radius 3 is 2.44 bits per heavy atom. The molecule has 0 saturated heterocycles. The molecule has 0 atom stereocenters. The van der Waals surface area contributed by atoms with E-state index in [2.05, 4.69) is 24.4 Å². The summed E-state index contributed by atoms with van der Waals surface area (Å²) in [5.41, 5.74) is 1.29. The van der Waals surface area contributed by atoms with Gasteiger partial charge in [0.05, 0.1) is 6.61 Å². The number of unbranched alkanes of at least 4 members (excludes halogenated alkanes) is 3. The summed E-state index contributed by atoms with van der Waals surface area (Å²) in [7, 11) is 1.96. The second kappa shape index (κ2) is 8.17. The first-order chi connectivity index (χ1) is 7.86. The summed E-state index contributed by atoms with van der Waals surface area (Å²) in [5.74, 6) is 0.983. The molecule has 90 valence electrons. The van der Waals surface area contributed by atoms with E-state index in [1.54, 1.807) is 0 Å². The second-order valence-electron chi connectivity index (χ2n) is 4.08. The van der Waals surface area contributed by atoms with Crippen molar-refractivity contribution in [1.29, 1.82) is 0 Å². The fourth-order valence-corrected chi connectivity index (χ4v) is 1.63. The van der Waals surface area contributed by atoms with Crippen molar-refractivity contribution in [1.82, 2.24) is 5.32 Å². The standard InChI is InChI=1S/C14H23NO/c1-3-4-5-6-11-16-14-9-7-13(8-10-14)12-15-2/h7-10,15H,3-6,11-12H2,1-2H3. The summed E-state index contributed by atoms with van der Waals surface area (Å²) >= 11 is 0. The SMILES string of the molecule is CCCCCCOc1ccc(CNC)cc1. The van der Waals surface area contributed by atoms with Gasteiger partial charge in [0.1, 0.15) is 5.75 Å². The van der Waals surface area contributed by atoms with Gasteiger partial charge < -0.3 is 10.1 Å². The molecule has 0 aliphatic heterocycles. The number of benzene rings is 1. The smallest absolute Gasteiger partial charge is 0.119 e. The topological polar surface area (TPSA) is 21.3 Å². The molecule has 0 aromatic heterocycles. The Morgan fingerprint density at radius 2 is 1.81 bits per heavy atom. The zero-order valence-corrected chi connectivity index (χ0v) is 10.5. The van der Waals surface area contributed by atoms with Crippen molar-refractivity contribution in [2.75, 3.05) is 13.7 Å². The minimum absolute atomic E-state index is 0.839. The van der Waals surface area contributed by atoms with Crippen LogP contribution in [0.5, 0.6) is 5.75 Å². The van der Waals surface area contributed by atoms with Gasteiger partial charge in [-0.15, -0.1) is 0 Å². The van der Waals surface area contributed by atoms with Crippen molar-refractivity contribution in [2.45, 2.75) is 39.2 Å². The van der Waals surface area contributed by atoms with Crippen molar-refractivity contribution in [3.8, 4) is 5.75 Å². The Labute approximate surface area is 99.0 Å². The third-order valence-electron chi connectivity index (χ3n) is 2.57. The molecule has 0 spiro atoms. The molecule has 0 aliphatic rings. The van der Waals surface area contributed by atoms with E-state index in [-0.39, 0.29) is 0 Å². The van der Waals surface area contributed by atoms with Crippen LogP contribution < -0.4 is 10.1 Å². The lowest BCUT2D eigenvalue weighted by Gasteiger charge is -2.06. The van der Waals surface area contributed by atoms with Crippen molar-refractivity contribution in [3.05, 3.63) is 29.8 Å². The monoisotopic (exact) mass is 221 g/mol. The van der Waals surface area contributed by atoms with Gasteiger partial charge >= 0.3 is 0 Å². The highest BCUT2D eigenvalue weighted by Crippen LogP contribution is 2.12. The maximum Gasteiger partial charge on any atom is 0.119 e. The highest BCUT2D eigenvalue weighted by atomic mass is 16.5. The Bertz CT molecular complexity index is 269. The van der Waals surface area contributed by atoms with Gasteiger partial charge in [0.25, 0.3) is 0 Å². The predicted octanol–water partition coefficient (Wildman–Crippen LogP) is 3.37. The molecule has 1 rings (SSSR count). The second-order valence-corrected chi connectivity index (χ2v) is 4.08. The Hall–Kier alpha value is -1.02. The van der Waals surface area contributed by atoms with E-state index in [1.165, 1.54) is 24.8 Å². The van der Waals surface area contributed by atoms with Crippen LogP contribution in [0.2, 0.25) is 0 Å². The van der Waals surface area contributed by atoms with Crippen LogP contribution in [0.4, 0.5) is 0 Å². The lowest BCUT2D eigenvalue weighted by molar-refractivity contribution is 0.305. The average Bonchev–Trinajstić information content (AvgIpc) is 2.31. The van der Waals surface area contributed by atoms with Gasteiger partial charge in [0, 0.05) is 6.54 Å². The molecule has 0 heterocycles. The molecule has 0 radical (unpaired) electrons. The summed E-state index contributed by atoms with van der Waals surface area (Å²) in [4.78, 5) is 0. The van der Waals surface area contributed by atoms with Gasteiger partial charge in [-0.3, -0.25) is 0 Å². The van der Waals surface area contributed by atoms with Crippen LogP contribution in [0.1, 0.15) is 38.2 Å². The summed E-state index contributed by atoms with van der Waals surface area (Å²) in [6.07, 6.45) is 5.02. The Kier molecular flexibility index (Phi) is 6.66. The van der Waals surface area contributed by atoms with Crippen molar-refractivity contribution >= 4 is 0 Å². The number of hydrogen-bond acceptors (Lipinski definition) is 2. The predicted molar refractivity (Wildman–Crippen MR) is 68.8 cm³/mol. The van der Waals surface area contributed by atoms with Gasteiger partial charge in [-0.25, -0.2) is 0 Å². The fourth-order valence-electron chi connectivity index (χ4n) is 1.63. The highest BCUT2D eigenvalue weighted by Gasteiger charge is 1.95. The van der Waals surface area contributed by atoms with Crippen molar-refractivity contribution < 1.29 is 4.74 Å². The van der Waals surface area contributed by atoms with Crippen LogP contribution in [0.15, 0.2) is 24.3 Å². The third kappa shape index (κ3) is 5.17. The van der Waals surface area contributed by atoms with Crippen molar-refractivity contribution in [2.24, 2.45) is 0 Å². The first-order valence-corrected chi connectivity index (χ1v) is 6.23. The van der Waals surface area contributed by atoms with Gasteiger partial charge in [0.15, 0.2) is 0 Å². The third-order valence-corrected chi connectivity index (χ3v) is 2.57. The number of rotatable bonds is 8. The maximum atomic E-state index is 5.67. The minimum Gasteiger partial charge on any atom is -0.494 e. The van der Waals surface area contributed by atoms with Crippen molar-refractivity contribution in [3.63, 3.8) is 0 Å². The minimum atomic E-state index is 0.839. The molecule has 16 heavy (non-hydrogen) atoms. The molecular formula is C14H23NO. The molecule has 1 aromatic carbocycles. The van der Waals surface area contributed by atoms with E-state index in [0.29, 0.717) is 0 Å². The maximum absolute atomic E-state index is 5.67. The van der Waals surface area contributed by atoms with E-state index in [9.17, 15) is 0 Å².